The van der Waals surface area contributed by atoms with Gasteiger partial charge in [0.1, 0.15) is 11.6 Å². The van der Waals surface area contributed by atoms with Crippen LogP contribution in [0.25, 0.3) is 0 Å². The number of phenols is 1. The Morgan fingerprint density at radius 1 is 1.29 bits per heavy atom. The maximum absolute atomic E-state index is 12.5. The first-order chi connectivity index (χ1) is 9.86. The largest absolute Gasteiger partial charge is 0.506 e. The van der Waals surface area contributed by atoms with Gasteiger partial charge in [-0.25, -0.2) is 4.39 Å². The number of benzene rings is 2. The third kappa shape index (κ3) is 4.73. The zero-order valence-corrected chi connectivity index (χ0v) is 12.1. The first kappa shape index (κ1) is 16.9. The number of nitrogens with two attached hydrogens (primary N) is 1. The van der Waals surface area contributed by atoms with Gasteiger partial charge in [0.25, 0.3) is 5.91 Å². The number of carbonyl (C=O) groups is 1. The number of halogens is 3. The van der Waals surface area contributed by atoms with Gasteiger partial charge in [0.2, 0.25) is 0 Å². The summed E-state index contributed by atoms with van der Waals surface area (Å²) in [5.74, 6) is -1.42. The van der Waals surface area contributed by atoms with Crippen LogP contribution in [0.5, 0.6) is 5.75 Å². The highest BCUT2D eigenvalue weighted by Gasteiger charge is 2.05. The number of hydrogen-bond donors (Lipinski definition) is 3. The number of rotatable bonds is 2. The van der Waals surface area contributed by atoms with Crippen molar-refractivity contribution in [2.75, 3.05) is 0 Å². The fourth-order valence-electron chi connectivity index (χ4n) is 1.36. The Kier molecular flexibility index (Phi) is 6.14. The van der Waals surface area contributed by atoms with Crippen LogP contribution in [0.15, 0.2) is 36.4 Å². The lowest BCUT2D eigenvalue weighted by atomic mass is 10.2. The molecule has 0 spiro atoms. The molecule has 0 radical (unpaired) electrons. The molecule has 0 aliphatic heterocycles. The zero-order chi connectivity index (χ0) is 16.0. The molecular formula is C14H11Cl2FN2O2. The van der Waals surface area contributed by atoms with Crippen molar-refractivity contribution >= 4 is 35.3 Å². The van der Waals surface area contributed by atoms with Crippen molar-refractivity contribution in [3.8, 4) is 5.75 Å². The summed E-state index contributed by atoms with van der Waals surface area (Å²) in [6.45, 7) is 0. The van der Waals surface area contributed by atoms with Gasteiger partial charge in [0, 0.05) is 16.8 Å². The molecule has 7 heteroatoms. The minimum Gasteiger partial charge on any atom is -0.506 e. The Hall–Kier alpha value is -2.11. The third-order valence-corrected chi connectivity index (χ3v) is 2.86. The van der Waals surface area contributed by atoms with Gasteiger partial charge >= 0.3 is 0 Å². The van der Waals surface area contributed by atoms with Crippen molar-refractivity contribution in [1.29, 1.82) is 5.41 Å². The monoisotopic (exact) mass is 328 g/mol. The SMILES string of the molecule is N=Cc1cc(Cl)cc(Cl)c1O.NC(=O)c1ccccc1F. The molecular weight excluding hydrogens is 318 g/mol. The van der Waals surface area contributed by atoms with Crippen LogP contribution >= 0.6 is 23.2 Å². The molecule has 110 valence electrons. The smallest absolute Gasteiger partial charge is 0.251 e. The Morgan fingerprint density at radius 2 is 1.90 bits per heavy atom. The van der Waals surface area contributed by atoms with Gasteiger partial charge in [0.15, 0.2) is 0 Å². The molecule has 0 aliphatic carbocycles. The summed E-state index contributed by atoms with van der Waals surface area (Å²) in [5.41, 5.74) is 5.09. The normalized spacial score (nSPS) is 9.48. The lowest BCUT2D eigenvalue weighted by molar-refractivity contribution is 0.0996. The molecule has 2 aromatic carbocycles. The van der Waals surface area contributed by atoms with E-state index in [0.717, 1.165) is 6.21 Å². The third-order valence-electron chi connectivity index (χ3n) is 2.35. The highest BCUT2D eigenvalue weighted by molar-refractivity contribution is 6.36. The molecule has 0 atom stereocenters. The molecule has 0 bridgehead atoms. The van der Waals surface area contributed by atoms with E-state index in [0.29, 0.717) is 10.6 Å². The van der Waals surface area contributed by atoms with Crippen molar-refractivity contribution in [2.24, 2.45) is 5.73 Å². The highest BCUT2D eigenvalue weighted by Crippen LogP contribution is 2.29. The number of primary amides is 1. The molecule has 0 saturated carbocycles. The second-order valence-electron chi connectivity index (χ2n) is 3.81. The van der Waals surface area contributed by atoms with E-state index < -0.39 is 11.7 Å². The van der Waals surface area contributed by atoms with Gasteiger partial charge in [-0.2, -0.15) is 0 Å². The summed E-state index contributed by atoms with van der Waals surface area (Å²) in [5, 5.41) is 16.6. The van der Waals surface area contributed by atoms with E-state index >= 15 is 0 Å². The molecule has 0 aromatic heterocycles. The Balaban J connectivity index is 0.000000211. The zero-order valence-electron chi connectivity index (χ0n) is 10.6. The predicted molar refractivity (Wildman–Crippen MR) is 80.9 cm³/mol. The molecule has 4 nitrogen and oxygen atoms in total. The van der Waals surface area contributed by atoms with Crippen LogP contribution in [0.1, 0.15) is 15.9 Å². The van der Waals surface area contributed by atoms with Gasteiger partial charge < -0.3 is 16.2 Å². The fraction of sp³-hybridized carbons (Fsp3) is 0. The van der Waals surface area contributed by atoms with Gasteiger partial charge in [0.05, 0.1) is 10.6 Å². The van der Waals surface area contributed by atoms with Crippen molar-refractivity contribution in [3.05, 3.63) is 63.4 Å². The number of carbonyl (C=O) groups excluding carboxylic acids is 1. The van der Waals surface area contributed by atoms with E-state index in [2.05, 4.69) is 0 Å². The van der Waals surface area contributed by atoms with Crippen LogP contribution in [0.3, 0.4) is 0 Å². The summed E-state index contributed by atoms with van der Waals surface area (Å²) < 4.78 is 12.5. The van der Waals surface area contributed by atoms with Crippen LogP contribution in [0.4, 0.5) is 4.39 Å². The van der Waals surface area contributed by atoms with Crippen molar-refractivity contribution < 1.29 is 14.3 Å². The van der Waals surface area contributed by atoms with Crippen molar-refractivity contribution in [3.63, 3.8) is 0 Å². The summed E-state index contributed by atoms with van der Waals surface area (Å²) in [4.78, 5) is 10.4. The Morgan fingerprint density at radius 3 is 2.38 bits per heavy atom. The summed E-state index contributed by atoms with van der Waals surface area (Å²) in [6.07, 6.45) is 0.993. The number of aromatic hydroxyl groups is 1. The van der Waals surface area contributed by atoms with Crippen LogP contribution in [0, 0.1) is 11.2 Å². The van der Waals surface area contributed by atoms with E-state index in [-0.39, 0.29) is 16.3 Å². The molecule has 0 heterocycles. The average molecular weight is 329 g/mol. The van der Waals surface area contributed by atoms with E-state index in [1.807, 2.05) is 0 Å². The van der Waals surface area contributed by atoms with Gasteiger partial charge in [-0.1, -0.05) is 35.3 Å². The second kappa shape index (κ2) is 7.61. The van der Waals surface area contributed by atoms with E-state index in [4.69, 9.17) is 34.3 Å². The van der Waals surface area contributed by atoms with Crippen LogP contribution in [-0.4, -0.2) is 17.2 Å². The van der Waals surface area contributed by atoms with Gasteiger partial charge in [-0.05, 0) is 24.3 Å². The highest BCUT2D eigenvalue weighted by atomic mass is 35.5. The van der Waals surface area contributed by atoms with Gasteiger partial charge in [-0.15, -0.1) is 0 Å². The molecule has 1 amide bonds. The summed E-state index contributed by atoms with van der Waals surface area (Å²) in [7, 11) is 0. The standard InChI is InChI=1S/C7H5Cl2NO.C7H6FNO/c8-5-1-4(3-10)7(11)6(9)2-5;8-6-4-2-1-3-5(6)7(9)10/h1-3,10-11H;1-4H,(H2,9,10). The molecule has 2 rings (SSSR count). The number of hydrogen-bond acceptors (Lipinski definition) is 3. The van der Waals surface area contributed by atoms with Gasteiger partial charge in [-0.3, -0.25) is 4.79 Å². The van der Waals surface area contributed by atoms with Crippen LogP contribution < -0.4 is 5.73 Å². The Bertz CT molecular complexity index is 678. The maximum Gasteiger partial charge on any atom is 0.251 e. The minimum absolute atomic E-state index is 0.0671. The lowest BCUT2D eigenvalue weighted by Crippen LogP contribution is -2.12. The van der Waals surface area contributed by atoms with E-state index in [1.165, 1.54) is 30.3 Å². The topological polar surface area (TPSA) is 87.2 Å². The molecule has 2 aromatic rings. The molecule has 0 unspecified atom stereocenters. The minimum atomic E-state index is -0.738. The Labute approximate surface area is 130 Å². The predicted octanol–water partition coefficient (Wildman–Crippen LogP) is 3.62. The molecule has 0 aliphatic rings. The summed E-state index contributed by atoms with van der Waals surface area (Å²) in [6, 6.07) is 8.49. The first-order valence-electron chi connectivity index (χ1n) is 5.59. The number of amides is 1. The fourth-order valence-corrected chi connectivity index (χ4v) is 1.87. The van der Waals surface area contributed by atoms with E-state index in [1.54, 1.807) is 6.07 Å². The average Bonchev–Trinajstić information content (AvgIpc) is 2.43. The van der Waals surface area contributed by atoms with Crippen molar-refractivity contribution in [2.45, 2.75) is 0 Å². The quantitative estimate of drug-likeness (QED) is 0.735. The molecule has 0 saturated heterocycles. The lowest BCUT2D eigenvalue weighted by Gasteiger charge is -2.00. The first-order valence-corrected chi connectivity index (χ1v) is 6.35. The van der Waals surface area contributed by atoms with Crippen molar-refractivity contribution in [1.82, 2.24) is 0 Å². The number of nitrogens with one attached hydrogen (secondary N) is 1. The second-order valence-corrected chi connectivity index (χ2v) is 4.66. The van der Waals surface area contributed by atoms with Crippen LogP contribution in [0.2, 0.25) is 10.0 Å². The van der Waals surface area contributed by atoms with Crippen LogP contribution in [-0.2, 0) is 0 Å². The molecule has 0 fully saturated rings. The summed E-state index contributed by atoms with van der Waals surface area (Å²) >= 11 is 11.2. The van der Waals surface area contributed by atoms with E-state index in [9.17, 15) is 14.3 Å². The number of phenolic OH excluding ortho intramolecular Hbond substituents is 1. The molecule has 21 heavy (non-hydrogen) atoms. The molecule has 4 N–H and O–H groups in total. The maximum atomic E-state index is 12.5.